The predicted molar refractivity (Wildman–Crippen MR) is 226 cm³/mol. The van der Waals surface area contributed by atoms with Crippen molar-refractivity contribution in [2.75, 3.05) is 0 Å². The average Bonchev–Trinajstić information content (AvgIpc) is 3.73. The summed E-state index contributed by atoms with van der Waals surface area (Å²) in [4.78, 5) is 0. The lowest BCUT2D eigenvalue weighted by atomic mass is 10.00. The number of hydrogen-bond donors (Lipinski definition) is 0. The van der Waals surface area contributed by atoms with Crippen molar-refractivity contribution < 1.29 is 0 Å². The molecule has 2 nitrogen and oxygen atoms in total. The normalized spacial score (nSPS) is 11.8. The lowest BCUT2D eigenvalue weighted by Gasteiger charge is -2.08. The van der Waals surface area contributed by atoms with E-state index in [-0.39, 0.29) is 0 Å². The number of fused-ring (bicyclic) bond motifs is 6. The average molecular weight is 677 g/mol. The second-order valence-electron chi connectivity index (χ2n) is 13.9. The molecule has 250 valence electrons. The van der Waals surface area contributed by atoms with Crippen LogP contribution in [0.2, 0.25) is 0 Å². The fourth-order valence-corrected chi connectivity index (χ4v) is 7.95. The van der Waals surface area contributed by atoms with E-state index < -0.39 is 0 Å². The van der Waals surface area contributed by atoms with Crippen molar-refractivity contribution in [3.05, 3.63) is 205 Å². The number of aromatic nitrogens is 2. The van der Waals surface area contributed by atoms with Crippen LogP contribution in [0.1, 0.15) is 16.7 Å². The number of nitrogens with zero attached hydrogens (tertiary/aromatic N) is 2. The molecule has 0 fully saturated rings. The minimum atomic E-state index is 1.18. The number of aryl methyl sites for hydroxylation is 1. The van der Waals surface area contributed by atoms with E-state index in [1.54, 1.807) is 0 Å². The van der Waals surface area contributed by atoms with Crippen LogP contribution in [0.3, 0.4) is 0 Å². The van der Waals surface area contributed by atoms with Crippen molar-refractivity contribution in [2.24, 2.45) is 0 Å². The van der Waals surface area contributed by atoms with Gasteiger partial charge in [0.1, 0.15) is 0 Å². The Labute approximate surface area is 309 Å². The van der Waals surface area contributed by atoms with Crippen LogP contribution in [0.4, 0.5) is 0 Å². The van der Waals surface area contributed by atoms with Crippen molar-refractivity contribution in [1.29, 1.82) is 0 Å². The van der Waals surface area contributed by atoms with Crippen LogP contribution in [0.15, 0.2) is 188 Å². The molecule has 0 aliphatic carbocycles. The molecule has 0 saturated heterocycles. The zero-order valence-corrected chi connectivity index (χ0v) is 29.4. The van der Waals surface area contributed by atoms with E-state index in [0.717, 1.165) is 0 Å². The van der Waals surface area contributed by atoms with Gasteiger partial charge in [-0.15, -0.1) is 0 Å². The lowest BCUT2D eigenvalue weighted by molar-refractivity contribution is 1.18. The molecule has 0 saturated carbocycles. The first kappa shape index (κ1) is 30.9. The Bertz CT molecular complexity index is 2960. The van der Waals surface area contributed by atoms with Gasteiger partial charge >= 0.3 is 0 Å². The van der Waals surface area contributed by atoms with Gasteiger partial charge in [-0.3, -0.25) is 0 Å². The molecule has 2 heterocycles. The second-order valence-corrected chi connectivity index (χ2v) is 13.9. The summed E-state index contributed by atoms with van der Waals surface area (Å²) in [6.45, 7) is 2.17. The maximum atomic E-state index is 2.37. The van der Waals surface area contributed by atoms with Gasteiger partial charge in [0, 0.05) is 32.9 Å². The van der Waals surface area contributed by atoms with E-state index in [1.807, 2.05) is 0 Å². The summed E-state index contributed by atoms with van der Waals surface area (Å²) < 4.78 is 4.73. The van der Waals surface area contributed by atoms with Crippen molar-refractivity contribution in [1.82, 2.24) is 9.13 Å². The monoisotopic (exact) mass is 676 g/mol. The molecule has 0 bridgehead atoms. The molecule has 10 rings (SSSR count). The molecular formula is C51H36N2. The highest BCUT2D eigenvalue weighted by atomic mass is 15.0. The van der Waals surface area contributed by atoms with Crippen LogP contribution in [-0.4, -0.2) is 9.13 Å². The lowest BCUT2D eigenvalue weighted by Crippen LogP contribution is -1.93. The summed E-state index contributed by atoms with van der Waals surface area (Å²) in [6, 6.07) is 68.2. The van der Waals surface area contributed by atoms with Crippen molar-refractivity contribution in [2.45, 2.75) is 6.92 Å². The van der Waals surface area contributed by atoms with Gasteiger partial charge in [0.05, 0.1) is 22.1 Å². The first-order valence-corrected chi connectivity index (χ1v) is 18.3. The van der Waals surface area contributed by atoms with E-state index in [4.69, 9.17) is 0 Å². The molecule has 0 unspecified atom stereocenters. The summed E-state index contributed by atoms with van der Waals surface area (Å²) >= 11 is 0. The second kappa shape index (κ2) is 12.7. The van der Waals surface area contributed by atoms with Gasteiger partial charge in [0.15, 0.2) is 0 Å². The van der Waals surface area contributed by atoms with E-state index in [1.165, 1.54) is 93.9 Å². The van der Waals surface area contributed by atoms with E-state index in [2.05, 4.69) is 216 Å². The number of rotatable bonds is 6. The van der Waals surface area contributed by atoms with Crippen molar-refractivity contribution >= 4 is 55.8 Å². The molecule has 0 aliphatic rings. The van der Waals surface area contributed by atoms with Gasteiger partial charge in [0.2, 0.25) is 0 Å². The van der Waals surface area contributed by atoms with E-state index in [0.29, 0.717) is 0 Å². The molecule has 8 aromatic carbocycles. The number of para-hydroxylation sites is 3. The quantitative estimate of drug-likeness (QED) is 0.155. The Kier molecular flexibility index (Phi) is 7.40. The Balaban J connectivity index is 0.910. The van der Waals surface area contributed by atoms with Crippen LogP contribution in [0.5, 0.6) is 0 Å². The summed E-state index contributed by atoms with van der Waals surface area (Å²) in [5.74, 6) is 0. The standard InChI is InChI=1S/C51H36N2/c1-35-16-29-49-45(32-35)47-34-41(28-31-51(47)53(49)43-12-6-3-7-13-43)39-25-21-37(22-26-39)18-17-36-19-23-38(24-20-36)40-27-30-50-46(33-40)44-14-8-9-15-48(44)52(50)42-10-4-2-5-11-42/h2-34H,1H3. The van der Waals surface area contributed by atoms with Crippen LogP contribution < -0.4 is 0 Å². The first-order chi connectivity index (χ1) is 26.2. The highest BCUT2D eigenvalue weighted by Crippen LogP contribution is 2.37. The number of benzene rings is 8. The topological polar surface area (TPSA) is 9.86 Å². The largest absolute Gasteiger partial charge is 0.309 e. The molecule has 0 amide bonds. The Morgan fingerprint density at radius 1 is 0.321 bits per heavy atom. The molecule has 0 radical (unpaired) electrons. The SMILES string of the molecule is Cc1ccc2c(c1)c1cc(-c3ccc(C=Cc4ccc(-c5ccc6c(c5)c5ccccc5n6-c5ccccc5)cc4)cc3)ccc1n2-c1ccccc1. The van der Waals surface area contributed by atoms with Gasteiger partial charge in [-0.1, -0.05) is 139 Å². The molecule has 2 aromatic heterocycles. The van der Waals surface area contributed by atoms with E-state index >= 15 is 0 Å². The summed E-state index contributed by atoms with van der Waals surface area (Å²) in [7, 11) is 0. The molecule has 2 heteroatoms. The van der Waals surface area contributed by atoms with Gasteiger partial charge in [-0.2, -0.15) is 0 Å². The van der Waals surface area contributed by atoms with Gasteiger partial charge in [-0.05, 0) is 107 Å². The van der Waals surface area contributed by atoms with Crippen LogP contribution >= 0.6 is 0 Å². The summed E-state index contributed by atoms with van der Waals surface area (Å²) in [6.07, 6.45) is 4.39. The third-order valence-corrected chi connectivity index (χ3v) is 10.6. The molecule has 0 N–H and O–H groups in total. The fraction of sp³-hybridized carbons (Fsp3) is 0.0196. The minimum absolute atomic E-state index is 1.18. The van der Waals surface area contributed by atoms with Crippen LogP contribution in [0, 0.1) is 6.92 Å². The Morgan fingerprint density at radius 2 is 0.717 bits per heavy atom. The fourth-order valence-electron chi connectivity index (χ4n) is 7.95. The minimum Gasteiger partial charge on any atom is -0.309 e. The zero-order valence-electron chi connectivity index (χ0n) is 29.4. The van der Waals surface area contributed by atoms with Gasteiger partial charge < -0.3 is 9.13 Å². The van der Waals surface area contributed by atoms with Crippen molar-refractivity contribution in [3.8, 4) is 33.6 Å². The Hall–Kier alpha value is -6.90. The molecular weight excluding hydrogens is 641 g/mol. The third kappa shape index (κ3) is 5.44. The maximum absolute atomic E-state index is 2.37. The van der Waals surface area contributed by atoms with E-state index in [9.17, 15) is 0 Å². The highest BCUT2D eigenvalue weighted by molar-refractivity contribution is 6.11. The molecule has 0 spiro atoms. The van der Waals surface area contributed by atoms with Crippen LogP contribution in [-0.2, 0) is 0 Å². The highest BCUT2D eigenvalue weighted by Gasteiger charge is 2.15. The predicted octanol–water partition coefficient (Wildman–Crippen LogP) is 13.7. The van der Waals surface area contributed by atoms with Crippen LogP contribution in [0.25, 0.3) is 89.4 Å². The summed E-state index contributed by atoms with van der Waals surface area (Å²) in [5.41, 5.74) is 15.7. The van der Waals surface area contributed by atoms with Crippen molar-refractivity contribution in [3.63, 3.8) is 0 Å². The van der Waals surface area contributed by atoms with Gasteiger partial charge in [-0.25, -0.2) is 0 Å². The number of hydrogen-bond acceptors (Lipinski definition) is 0. The first-order valence-electron chi connectivity index (χ1n) is 18.3. The smallest absolute Gasteiger partial charge is 0.0541 e. The molecule has 0 atom stereocenters. The maximum Gasteiger partial charge on any atom is 0.0541 e. The molecule has 0 aliphatic heterocycles. The Morgan fingerprint density at radius 3 is 1.25 bits per heavy atom. The molecule has 10 aromatic rings. The molecule has 53 heavy (non-hydrogen) atoms. The summed E-state index contributed by atoms with van der Waals surface area (Å²) in [5, 5.41) is 5.09. The zero-order chi connectivity index (χ0) is 35.3. The third-order valence-electron chi connectivity index (χ3n) is 10.6. The van der Waals surface area contributed by atoms with Gasteiger partial charge in [0.25, 0.3) is 0 Å².